The van der Waals surface area contributed by atoms with Gasteiger partial charge in [0.15, 0.2) is 0 Å². The van der Waals surface area contributed by atoms with E-state index in [0.717, 1.165) is 24.2 Å². The quantitative estimate of drug-likeness (QED) is 0.883. The first-order valence-corrected chi connectivity index (χ1v) is 7.08. The molecule has 0 radical (unpaired) electrons. The molecule has 0 bridgehead atoms. The topological polar surface area (TPSA) is 64.3 Å². The number of methoxy groups -OCH3 is 1. The molecule has 5 nitrogen and oxygen atoms in total. The Morgan fingerprint density at radius 2 is 2.00 bits per heavy atom. The number of nitrogens with zero attached hydrogens (tertiary/aromatic N) is 2. The average molecular weight is 288 g/mol. The maximum Gasteiger partial charge on any atom is 0.339 e. The van der Waals surface area contributed by atoms with Crippen LogP contribution in [0.2, 0.25) is 0 Å². The van der Waals surface area contributed by atoms with E-state index in [0.29, 0.717) is 5.75 Å². The van der Waals surface area contributed by atoms with E-state index in [1.165, 1.54) is 6.20 Å². The van der Waals surface area contributed by atoms with E-state index in [4.69, 9.17) is 4.74 Å². The molecule has 2 rings (SSSR count). The SMILES string of the molecule is CCC(CC)c1c(C(=O)O)cnn1-c1ccccc1OC. The lowest BCUT2D eigenvalue weighted by atomic mass is 9.96. The van der Waals surface area contributed by atoms with Gasteiger partial charge in [-0.2, -0.15) is 5.10 Å². The molecule has 5 heteroatoms. The Morgan fingerprint density at radius 3 is 2.57 bits per heavy atom. The van der Waals surface area contributed by atoms with E-state index in [-0.39, 0.29) is 11.5 Å². The molecule has 1 N–H and O–H groups in total. The van der Waals surface area contributed by atoms with Gasteiger partial charge in [-0.3, -0.25) is 0 Å². The Labute approximate surface area is 124 Å². The fourth-order valence-corrected chi connectivity index (χ4v) is 2.59. The van der Waals surface area contributed by atoms with E-state index < -0.39 is 5.97 Å². The Kier molecular flexibility index (Phi) is 4.62. The monoisotopic (exact) mass is 288 g/mol. The molecule has 0 aliphatic heterocycles. The Bertz CT molecular complexity index is 630. The van der Waals surface area contributed by atoms with Gasteiger partial charge in [-0.15, -0.1) is 0 Å². The van der Waals surface area contributed by atoms with Gasteiger partial charge in [0, 0.05) is 5.92 Å². The van der Waals surface area contributed by atoms with Crippen molar-refractivity contribution >= 4 is 5.97 Å². The third kappa shape index (κ3) is 2.77. The molecule has 0 atom stereocenters. The van der Waals surface area contributed by atoms with Crippen LogP contribution in [0.4, 0.5) is 0 Å². The second-order valence-corrected chi connectivity index (χ2v) is 4.85. The average Bonchev–Trinajstić information content (AvgIpc) is 2.93. The molecule has 1 aromatic carbocycles. The van der Waals surface area contributed by atoms with E-state index >= 15 is 0 Å². The highest BCUT2D eigenvalue weighted by molar-refractivity contribution is 5.89. The van der Waals surface area contributed by atoms with Crippen molar-refractivity contribution in [2.45, 2.75) is 32.6 Å². The van der Waals surface area contributed by atoms with E-state index in [1.807, 2.05) is 24.3 Å². The van der Waals surface area contributed by atoms with Crippen molar-refractivity contribution in [1.82, 2.24) is 9.78 Å². The minimum atomic E-state index is -0.946. The van der Waals surface area contributed by atoms with Crippen LogP contribution in [0.25, 0.3) is 5.69 Å². The zero-order valence-electron chi connectivity index (χ0n) is 12.5. The Hall–Kier alpha value is -2.30. The summed E-state index contributed by atoms with van der Waals surface area (Å²) in [5, 5.41) is 13.7. The number of carbonyl (C=O) groups is 1. The van der Waals surface area contributed by atoms with Crippen LogP contribution in [-0.4, -0.2) is 28.0 Å². The molecule has 0 spiro atoms. The summed E-state index contributed by atoms with van der Waals surface area (Å²) in [5.41, 5.74) is 1.75. The summed E-state index contributed by atoms with van der Waals surface area (Å²) in [4.78, 5) is 11.5. The van der Waals surface area contributed by atoms with Gasteiger partial charge < -0.3 is 9.84 Å². The molecular weight excluding hydrogens is 268 g/mol. The number of aromatic nitrogens is 2. The maximum absolute atomic E-state index is 11.5. The molecular formula is C16H20N2O3. The predicted molar refractivity (Wildman–Crippen MR) is 80.4 cm³/mol. The molecule has 0 aliphatic rings. The van der Waals surface area contributed by atoms with Crippen molar-refractivity contribution in [3.8, 4) is 11.4 Å². The van der Waals surface area contributed by atoms with Crippen LogP contribution >= 0.6 is 0 Å². The van der Waals surface area contributed by atoms with Gasteiger partial charge in [-0.25, -0.2) is 9.48 Å². The summed E-state index contributed by atoms with van der Waals surface area (Å²) < 4.78 is 7.06. The van der Waals surface area contributed by atoms with Crippen molar-refractivity contribution in [2.24, 2.45) is 0 Å². The van der Waals surface area contributed by atoms with Crippen LogP contribution in [0.1, 0.15) is 48.7 Å². The van der Waals surface area contributed by atoms with Crippen LogP contribution in [0.3, 0.4) is 0 Å². The summed E-state index contributed by atoms with van der Waals surface area (Å²) in [6.45, 7) is 4.11. The van der Waals surface area contributed by atoms with Crippen LogP contribution < -0.4 is 4.74 Å². The standard InChI is InChI=1S/C16H20N2O3/c1-4-11(5-2)15-12(16(19)20)10-17-18(15)13-8-6-7-9-14(13)21-3/h6-11H,4-5H2,1-3H3,(H,19,20). The highest BCUT2D eigenvalue weighted by Gasteiger charge is 2.24. The summed E-state index contributed by atoms with van der Waals surface area (Å²) in [6, 6.07) is 7.48. The third-order valence-electron chi connectivity index (χ3n) is 3.72. The van der Waals surface area contributed by atoms with Crippen molar-refractivity contribution in [2.75, 3.05) is 7.11 Å². The molecule has 2 aromatic rings. The molecule has 112 valence electrons. The summed E-state index contributed by atoms with van der Waals surface area (Å²) in [5.74, 6) is -0.133. The number of para-hydroxylation sites is 2. The first-order chi connectivity index (χ1) is 10.1. The molecule has 0 saturated carbocycles. The number of carboxylic acid groups (broad SMARTS) is 1. The van der Waals surface area contributed by atoms with Crippen LogP contribution in [0, 0.1) is 0 Å². The Morgan fingerprint density at radius 1 is 1.33 bits per heavy atom. The number of hydrogen-bond donors (Lipinski definition) is 1. The molecule has 0 amide bonds. The van der Waals surface area contributed by atoms with Crippen molar-refractivity contribution in [3.63, 3.8) is 0 Å². The van der Waals surface area contributed by atoms with Crippen molar-refractivity contribution < 1.29 is 14.6 Å². The fourth-order valence-electron chi connectivity index (χ4n) is 2.59. The second kappa shape index (κ2) is 6.43. The zero-order chi connectivity index (χ0) is 15.4. The minimum absolute atomic E-state index is 0.142. The molecule has 0 saturated heterocycles. The number of carboxylic acids is 1. The molecule has 1 heterocycles. The third-order valence-corrected chi connectivity index (χ3v) is 3.72. The first-order valence-electron chi connectivity index (χ1n) is 7.08. The van der Waals surface area contributed by atoms with Crippen molar-refractivity contribution in [3.05, 3.63) is 41.7 Å². The molecule has 21 heavy (non-hydrogen) atoms. The van der Waals surface area contributed by atoms with Gasteiger partial charge in [0.25, 0.3) is 0 Å². The van der Waals surface area contributed by atoms with Crippen molar-refractivity contribution in [1.29, 1.82) is 0 Å². The normalized spacial score (nSPS) is 10.9. The minimum Gasteiger partial charge on any atom is -0.494 e. The summed E-state index contributed by atoms with van der Waals surface area (Å²) in [6.07, 6.45) is 3.14. The second-order valence-electron chi connectivity index (χ2n) is 4.85. The predicted octanol–water partition coefficient (Wildman–Crippen LogP) is 3.48. The Balaban J connectivity index is 2.66. The molecule has 0 fully saturated rings. The van der Waals surface area contributed by atoms with Gasteiger partial charge >= 0.3 is 5.97 Å². The molecule has 0 unspecified atom stereocenters. The number of hydrogen-bond acceptors (Lipinski definition) is 3. The van der Waals surface area contributed by atoms with Gasteiger partial charge in [0.05, 0.1) is 19.0 Å². The number of ether oxygens (including phenoxy) is 1. The fraction of sp³-hybridized carbons (Fsp3) is 0.375. The molecule has 0 aliphatic carbocycles. The zero-order valence-corrected chi connectivity index (χ0v) is 12.5. The summed E-state index contributed by atoms with van der Waals surface area (Å²) >= 11 is 0. The highest BCUT2D eigenvalue weighted by Crippen LogP contribution is 2.31. The first kappa shape index (κ1) is 15.1. The maximum atomic E-state index is 11.5. The lowest BCUT2D eigenvalue weighted by molar-refractivity contribution is 0.0695. The van der Waals surface area contributed by atoms with Gasteiger partial charge in [0.2, 0.25) is 0 Å². The number of rotatable bonds is 6. The van der Waals surface area contributed by atoms with Crippen LogP contribution in [0.15, 0.2) is 30.5 Å². The molecule has 1 aromatic heterocycles. The van der Waals surface area contributed by atoms with E-state index in [2.05, 4.69) is 18.9 Å². The lowest BCUT2D eigenvalue weighted by Crippen LogP contribution is -2.12. The van der Waals surface area contributed by atoms with E-state index in [1.54, 1.807) is 11.8 Å². The van der Waals surface area contributed by atoms with Gasteiger partial charge in [0.1, 0.15) is 17.0 Å². The summed E-state index contributed by atoms with van der Waals surface area (Å²) in [7, 11) is 1.59. The largest absolute Gasteiger partial charge is 0.494 e. The highest BCUT2D eigenvalue weighted by atomic mass is 16.5. The lowest BCUT2D eigenvalue weighted by Gasteiger charge is -2.18. The number of aromatic carboxylic acids is 1. The van der Waals surface area contributed by atoms with Gasteiger partial charge in [-0.1, -0.05) is 26.0 Å². The number of benzene rings is 1. The smallest absolute Gasteiger partial charge is 0.339 e. The van der Waals surface area contributed by atoms with Gasteiger partial charge in [-0.05, 0) is 25.0 Å². The van der Waals surface area contributed by atoms with Crippen LogP contribution in [0.5, 0.6) is 5.75 Å². The van der Waals surface area contributed by atoms with Crippen LogP contribution in [-0.2, 0) is 0 Å². The van der Waals surface area contributed by atoms with E-state index in [9.17, 15) is 9.90 Å².